The van der Waals surface area contributed by atoms with Crippen molar-refractivity contribution in [1.29, 1.82) is 0 Å². The second-order valence-electron chi connectivity index (χ2n) is 6.75. The van der Waals surface area contributed by atoms with E-state index in [0.717, 1.165) is 12.8 Å². The van der Waals surface area contributed by atoms with E-state index in [-0.39, 0.29) is 11.5 Å². The third-order valence-corrected chi connectivity index (χ3v) is 5.06. The number of rotatable bonds is 1. The average molecular weight is 324 g/mol. The standard InChI is InChI=1S/C17H22ClNO3/c1-16(21)8-11-22-17(12-16)6-9-19(10-7-17)15(20)13-2-4-14(18)5-3-13/h2-5,21H,6-12H2,1H3. The highest BCUT2D eigenvalue weighted by Crippen LogP contribution is 2.39. The Hall–Kier alpha value is -1.10. The van der Waals surface area contributed by atoms with Gasteiger partial charge in [0.25, 0.3) is 5.91 Å². The van der Waals surface area contributed by atoms with Gasteiger partial charge in [-0.2, -0.15) is 0 Å². The lowest BCUT2D eigenvalue weighted by Gasteiger charge is -2.48. The zero-order valence-electron chi connectivity index (χ0n) is 12.8. The van der Waals surface area contributed by atoms with E-state index in [4.69, 9.17) is 16.3 Å². The molecule has 3 rings (SSSR count). The summed E-state index contributed by atoms with van der Waals surface area (Å²) >= 11 is 5.86. The largest absolute Gasteiger partial charge is 0.390 e. The first-order chi connectivity index (χ1) is 10.4. The van der Waals surface area contributed by atoms with Gasteiger partial charge in [0.1, 0.15) is 0 Å². The number of piperidine rings is 1. The van der Waals surface area contributed by atoms with Gasteiger partial charge in [0.05, 0.1) is 17.8 Å². The molecule has 1 amide bonds. The Bertz CT molecular complexity index is 548. The van der Waals surface area contributed by atoms with Crippen LogP contribution in [0.4, 0.5) is 0 Å². The molecular formula is C17H22ClNO3. The molecule has 1 aromatic rings. The molecule has 120 valence electrons. The van der Waals surface area contributed by atoms with Crippen LogP contribution in [-0.4, -0.2) is 46.8 Å². The quantitative estimate of drug-likeness (QED) is 0.864. The van der Waals surface area contributed by atoms with Crippen molar-refractivity contribution in [2.24, 2.45) is 0 Å². The fourth-order valence-corrected chi connectivity index (χ4v) is 3.66. The molecule has 0 aliphatic carbocycles. The zero-order valence-corrected chi connectivity index (χ0v) is 13.6. The Balaban J connectivity index is 1.64. The maximum absolute atomic E-state index is 12.5. The molecule has 1 unspecified atom stereocenters. The number of halogens is 1. The Morgan fingerprint density at radius 2 is 1.86 bits per heavy atom. The molecule has 1 N–H and O–H groups in total. The van der Waals surface area contributed by atoms with Gasteiger partial charge in [-0.15, -0.1) is 0 Å². The van der Waals surface area contributed by atoms with Crippen molar-refractivity contribution in [3.05, 3.63) is 34.9 Å². The first kappa shape index (κ1) is 15.8. The summed E-state index contributed by atoms with van der Waals surface area (Å²) in [6.07, 6.45) is 2.90. The number of benzene rings is 1. The molecule has 2 aliphatic heterocycles. The van der Waals surface area contributed by atoms with Crippen LogP contribution in [0.15, 0.2) is 24.3 Å². The fraction of sp³-hybridized carbons (Fsp3) is 0.588. The number of ether oxygens (including phenoxy) is 1. The van der Waals surface area contributed by atoms with E-state index in [2.05, 4.69) is 0 Å². The highest BCUT2D eigenvalue weighted by molar-refractivity contribution is 6.30. The molecule has 1 aromatic carbocycles. The summed E-state index contributed by atoms with van der Waals surface area (Å²) < 4.78 is 5.98. The minimum atomic E-state index is -0.652. The number of aliphatic hydroxyl groups is 1. The van der Waals surface area contributed by atoms with E-state index in [0.29, 0.717) is 43.1 Å². The SMILES string of the molecule is CC1(O)CCOC2(CCN(C(=O)c3ccc(Cl)cc3)CC2)C1. The predicted molar refractivity (Wildman–Crippen MR) is 85.1 cm³/mol. The predicted octanol–water partition coefficient (Wildman–Crippen LogP) is 2.88. The Morgan fingerprint density at radius 3 is 2.45 bits per heavy atom. The number of carbonyl (C=O) groups is 1. The van der Waals surface area contributed by atoms with Crippen LogP contribution < -0.4 is 0 Å². The van der Waals surface area contributed by atoms with Gasteiger partial charge in [-0.25, -0.2) is 0 Å². The van der Waals surface area contributed by atoms with Crippen molar-refractivity contribution in [2.75, 3.05) is 19.7 Å². The summed E-state index contributed by atoms with van der Waals surface area (Å²) in [5.74, 6) is 0.0362. The molecule has 2 fully saturated rings. The number of carbonyl (C=O) groups excluding carboxylic acids is 1. The van der Waals surface area contributed by atoms with Gasteiger partial charge in [-0.05, 0) is 50.5 Å². The first-order valence-corrected chi connectivity index (χ1v) is 8.18. The molecule has 2 saturated heterocycles. The van der Waals surface area contributed by atoms with Gasteiger partial charge in [-0.3, -0.25) is 4.79 Å². The lowest BCUT2D eigenvalue weighted by Crippen LogP contribution is -2.54. The van der Waals surface area contributed by atoms with Crippen molar-refractivity contribution in [2.45, 2.75) is 43.8 Å². The van der Waals surface area contributed by atoms with Crippen molar-refractivity contribution in [1.82, 2.24) is 4.90 Å². The maximum Gasteiger partial charge on any atom is 0.253 e. The number of amides is 1. The highest BCUT2D eigenvalue weighted by atomic mass is 35.5. The van der Waals surface area contributed by atoms with Gasteiger partial charge in [0.2, 0.25) is 0 Å². The van der Waals surface area contributed by atoms with Crippen LogP contribution in [-0.2, 0) is 4.74 Å². The van der Waals surface area contributed by atoms with Crippen molar-refractivity contribution in [3.63, 3.8) is 0 Å². The van der Waals surface area contributed by atoms with Crippen molar-refractivity contribution >= 4 is 17.5 Å². The van der Waals surface area contributed by atoms with Crippen LogP contribution in [0.3, 0.4) is 0 Å². The minimum absolute atomic E-state index is 0.0362. The Morgan fingerprint density at radius 1 is 1.23 bits per heavy atom. The third-order valence-electron chi connectivity index (χ3n) is 4.80. The zero-order chi connectivity index (χ0) is 15.8. The van der Waals surface area contributed by atoms with Crippen LogP contribution in [0.2, 0.25) is 5.02 Å². The fourth-order valence-electron chi connectivity index (χ4n) is 3.53. The average Bonchev–Trinajstić information content (AvgIpc) is 2.47. The van der Waals surface area contributed by atoms with Gasteiger partial charge < -0.3 is 14.7 Å². The summed E-state index contributed by atoms with van der Waals surface area (Å²) in [6, 6.07) is 7.00. The van der Waals surface area contributed by atoms with E-state index in [1.165, 1.54) is 0 Å². The van der Waals surface area contributed by atoms with Crippen LogP contribution in [0, 0.1) is 0 Å². The monoisotopic (exact) mass is 323 g/mol. The molecule has 2 aliphatic rings. The van der Waals surface area contributed by atoms with E-state index in [1.807, 2.05) is 11.8 Å². The third kappa shape index (κ3) is 3.29. The number of nitrogens with zero attached hydrogens (tertiary/aromatic N) is 1. The topological polar surface area (TPSA) is 49.8 Å². The second kappa shape index (κ2) is 5.84. The van der Waals surface area contributed by atoms with Crippen LogP contribution in [0.1, 0.15) is 43.0 Å². The van der Waals surface area contributed by atoms with Gasteiger partial charge in [0, 0.05) is 30.1 Å². The molecule has 1 spiro atoms. The summed E-state index contributed by atoms with van der Waals surface area (Å²) in [5.41, 5.74) is -0.254. The molecule has 0 radical (unpaired) electrons. The van der Waals surface area contributed by atoms with E-state index >= 15 is 0 Å². The molecular weight excluding hydrogens is 302 g/mol. The van der Waals surface area contributed by atoms with Crippen LogP contribution in [0.25, 0.3) is 0 Å². The minimum Gasteiger partial charge on any atom is -0.390 e. The summed E-state index contributed by atoms with van der Waals surface area (Å²) in [5, 5.41) is 10.9. The molecule has 5 heteroatoms. The smallest absolute Gasteiger partial charge is 0.253 e. The lowest BCUT2D eigenvalue weighted by atomic mass is 9.78. The molecule has 4 nitrogen and oxygen atoms in total. The van der Waals surface area contributed by atoms with Crippen LogP contribution in [0.5, 0.6) is 0 Å². The molecule has 0 aromatic heterocycles. The summed E-state index contributed by atoms with van der Waals surface area (Å²) in [7, 11) is 0. The van der Waals surface area contributed by atoms with Crippen LogP contribution >= 0.6 is 11.6 Å². The van der Waals surface area contributed by atoms with Gasteiger partial charge in [-0.1, -0.05) is 11.6 Å². The van der Waals surface area contributed by atoms with Gasteiger partial charge >= 0.3 is 0 Å². The van der Waals surface area contributed by atoms with Gasteiger partial charge in [0.15, 0.2) is 0 Å². The van der Waals surface area contributed by atoms with E-state index in [9.17, 15) is 9.90 Å². The number of hydrogen-bond acceptors (Lipinski definition) is 3. The van der Waals surface area contributed by atoms with Crippen molar-refractivity contribution < 1.29 is 14.6 Å². The van der Waals surface area contributed by atoms with Crippen molar-refractivity contribution in [3.8, 4) is 0 Å². The summed E-state index contributed by atoms with van der Waals surface area (Å²) in [6.45, 7) is 3.80. The molecule has 1 atom stereocenters. The molecule has 0 saturated carbocycles. The van der Waals surface area contributed by atoms with E-state index in [1.54, 1.807) is 24.3 Å². The normalized spacial score (nSPS) is 27.9. The van der Waals surface area contributed by atoms with E-state index < -0.39 is 5.60 Å². The maximum atomic E-state index is 12.5. The molecule has 2 heterocycles. The first-order valence-electron chi connectivity index (χ1n) is 7.80. The highest BCUT2D eigenvalue weighted by Gasteiger charge is 2.44. The Kier molecular flexibility index (Phi) is 4.19. The second-order valence-corrected chi connectivity index (χ2v) is 7.19. The Labute approximate surface area is 136 Å². The number of likely N-dealkylation sites (tertiary alicyclic amines) is 1. The number of hydrogen-bond donors (Lipinski definition) is 1. The molecule has 0 bridgehead atoms. The summed E-state index contributed by atoms with van der Waals surface area (Å²) in [4.78, 5) is 14.4. The molecule has 22 heavy (non-hydrogen) atoms. The lowest BCUT2D eigenvalue weighted by molar-refractivity contribution is -0.170.